The number of rotatable bonds is 4. The maximum Gasteiger partial charge on any atom is 0.0193 e. The molecule has 0 aromatic rings. The average molecular weight is 199 g/mol. The summed E-state index contributed by atoms with van der Waals surface area (Å²) >= 11 is 0. The van der Waals surface area contributed by atoms with E-state index in [1.165, 1.54) is 26.1 Å². The van der Waals surface area contributed by atoms with Crippen LogP contribution in [0, 0.1) is 0 Å². The van der Waals surface area contributed by atoms with Crippen LogP contribution >= 0.6 is 0 Å². The molecule has 1 heterocycles. The zero-order chi connectivity index (χ0) is 10.6. The highest BCUT2D eigenvalue weighted by molar-refractivity contribution is 4.81. The van der Waals surface area contributed by atoms with Gasteiger partial charge >= 0.3 is 0 Å². The van der Waals surface area contributed by atoms with Crippen LogP contribution in [0.3, 0.4) is 0 Å². The average Bonchev–Trinajstić information content (AvgIpc) is 2.10. The van der Waals surface area contributed by atoms with Gasteiger partial charge in [-0.2, -0.15) is 0 Å². The van der Waals surface area contributed by atoms with Crippen molar-refractivity contribution in [3.63, 3.8) is 0 Å². The van der Waals surface area contributed by atoms with Crippen molar-refractivity contribution in [1.29, 1.82) is 0 Å². The van der Waals surface area contributed by atoms with Crippen LogP contribution in [0.4, 0.5) is 0 Å². The lowest BCUT2D eigenvalue weighted by Gasteiger charge is -2.37. The van der Waals surface area contributed by atoms with Gasteiger partial charge < -0.3 is 10.2 Å². The monoisotopic (exact) mass is 199 g/mol. The fourth-order valence-electron chi connectivity index (χ4n) is 2.00. The van der Waals surface area contributed by atoms with Crippen molar-refractivity contribution >= 4 is 0 Å². The highest BCUT2D eigenvalue weighted by Gasteiger charge is 2.21. The Morgan fingerprint density at radius 1 is 1.36 bits per heavy atom. The molecule has 1 aliphatic heterocycles. The second-order valence-corrected chi connectivity index (χ2v) is 4.81. The van der Waals surface area contributed by atoms with Gasteiger partial charge in [0.05, 0.1) is 0 Å². The van der Waals surface area contributed by atoms with E-state index < -0.39 is 0 Å². The Labute approximate surface area is 88.5 Å². The molecule has 0 saturated carbocycles. The van der Waals surface area contributed by atoms with E-state index in [-0.39, 0.29) is 0 Å². The smallest absolute Gasteiger partial charge is 0.0193 e. The summed E-state index contributed by atoms with van der Waals surface area (Å²) in [4.78, 5) is 4.86. The summed E-state index contributed by atoms with van der Waals surface area (Å²) in [6.45, 7) is 9.37. The molecule has 0 bridgehead atoms. The van der Waals surface area contributed by atoms with Gasteiger partial charge in [-0.15, -0.1) is 0 Å². The topological polar surface area (TPSA) is 18.5 Å². The summed E-state index contributed by atoms with van der Waals surface area (Å²) in [5.74, 6) is 0. The third kappa shape index (κ3) is 3.95. The van der Waals surface area contributed by atoms with Crippen molar-refractivity contribution in [3.8, 4) is 0 Å². The van der Waals surface area contributed by atoms with Crippen molar-refractivity contribution in [2.45, 2.75) is 32.4 Å². The minimum atomic E-state index is 0.658. The van der Waals surface area contributed by atoms with Gasteiger partial charge in [0.15, 0.2) is 0 Å². The van der Waals surface area contributed by atoms with Crippen molar-refractivity contribution in [1.82, 2.24) is 15.1 Å². The molecule has 1 rings (SSSR count). The Hall–Kier alpha value is -0.120. The number of hydrogen-bond acceptors (Lipinski definition) is 3. The first kappa shape index (κ1) is 12.0. The van der Waals surface area contributed by atoms with Crippen LogP contribution in [0.25, 0.3) is 0 Å². The molecule has 0 amide bonds. The first-order valence-electron chi connectivity index (χ1n) is 5.71. The van der Waals surface area contributed by atoms with Crippen LogP contribution in [0.15, 0.2) is 0 Å². The number of hydrogen-bond donors (Lipinski definition) is 1. The van der Waals surface area contributed by atoms with Crippen LogP contribution in [-0.2, 0) is 0 Å². The first-order valence-corrected chi connectivity index (χ1v) is 5.71. The van der Waals surface area contributed by atoms with Crippen LogP contribution in [0.2, 0.25) is 0 Å². The van der Waals surface area contributed by atoms with E-state index in [1.54, 1.807) is 0 Å². The number of piperazine rings is 1. The van der Waals surface area contributed by atoms with Crippen LogP contribution < -0.4 is 5.32 Å². The van der Waals surface area contributed by atoms with Gasteiger partial charge in [0, 0.05) is 25.2 Å². The zero-order valence-corrected chi connectivity index (χ0v) is 10.1. The van der Waals surface area contributed by atoms with Gasteiger partial charge in [-0.25, -0.2) is 0 Å². The fraction of sp³-hybridized carbons (Fsp3) is 1.00. The lowest BCUT2D eigenvalue weighted by atomic mass is 10.1. The normalized spacial score (nSPS) is 29.8. The molecule has 1 aliphatic rings. The van der Waals surface area contributed by atoms with E-state index in [0.29, 0.717) is 12.1 Å². The molecular formula is C11H25N3. The van der Waals surface area contributed by atoms with Gasteiger partial charge in [-0.1, -0.05) is 0 Å². The quantitative estimate of drug-likeness (QED) is 0.716. The second kappa shape index (κ2) is 5.69. The Morgan fingerprint density at radius 2 is 2.07 bits per heavy atom. The molecule has 3 nitrogen and oxygen atoms in total. The van der Waals surface area contributed by atoms with Crippen LogP contribution in [-0.4, -0.2) is 62.2 Å². The molecule has 0 radical (unpaired) electrons. The van der Waals surface area contributed by atoms with Crippen molar-refractivity contribution in [2.24, 2.45) is 0 Å². The third-order valence-corrected chi connectivity index (χ3v) is 2.94. The molecule has 2 unspecified atom stereocenters. The van der Waals surface area contributed by atoms with Crippen molar-refractivity contribution in [3.05, 3.63) is 0 Å². The van der Waals surface area contributed by atoms with Gasteiger partial charge in [-0.05, 0) is 47.5 Å². The Kier molecular flexibility index (Phi) is 4.85. The summed E-state index contributed by atoms with van der Waals surface area (Å²) in [6, 6.07) is 1.36. The van der Waals surface area contributed by atoms with E-state index in [0.717, 1.165) is 6.54 Å². The highest BCUT2D eigenvalue weighted by atomic mass is 15.2. The summed E-state index contributed by atoms with van der Waals surface area (Å²) in [6.07, 6.45) is 1.28. The molecule has 3 heteroatoms. The Balaban J connectivity index is 2.20. The fourth-order valence-corrected chi connectivity index (χ4v) is 2.00. The molecule has 84 valence electrons. The second-order valence-electron chi connectivity index (χ2n) is 4.81. The number of nitrogens with zero attached hydrogens (tertiary/aromatic N) is 2. The lowest BCUT2D eigenvalue weighted by molar-refractivity contribution is 0.141. The van der Waals surface area contributed by atoms with Gasteiger partial charge in [0.1, 0.15) is 0 Å². The molecule has 2 atom stereocenters. The maximum atomic E-state index is 3.51. The summed E-state index contributed by atoms with van der Waals surface area (Å²) in [5.41, 5.74) is 0. The molecule has 0 aromatic carbocycles. The van der Waals surface area contributed by atoms with Gasteiger partial charge in [0.2, 0.25) is 0 Å². The molecule has 1 fully saturated rings. The van der Waals surface area contributed by atoms with E-state index in [4.69, 9.17) is 0 Å². The molecule has 1 N–H and O–H groups in total. The SMILES string of the molecule is CC1CN(CCCN(C)C)C(C)CN1. The third-order valence-electron chi connectivity index (χ3n) is 2.94. The van der Waals surface area contributed by atoms with E-state index in [9.17, 15) is 0 Å². The van der Waals surface area contributed by atoms with Crippen molar-refractivity contribution < 1.29 is 0 Å². The molecular weight excluding hydrogens is 174 g/mol. The molecule has 0 spiro atoms. The Morgan fingerprint density at radius 3 is 2.71 bits per heavy atom. The molecule has 0 aromatic heterocycles. The largest absolute Gasteiger partial charge is 0.311 e. The summed E-state index contributed by atoms with van der Waals surface area (Å²) in [7, 11) is 4.29. The molecule has 1 saturated heterocycles. The summed E-state index contributed by atoms with van der Waals surface area (Å²) < 4.78 is 0. The van der Waals surface area contributed by atoms with E-state index >= 15 is 0 Å². The van der Waals surface area contributed by atoms with Crippen molar-refractivity contribution in [2.75, 3.05) is 40.3 Å². The van der Waals surface area contributed by atoms with Crippen LogP contribution in [0.5, 0.6) is 0 Å². The maximum absolute atomic E-state index is 3.51. The van der Waals surface area contributed by atoms with Crippen LogP contribution in [0.1, 0.15) is 20.3 Å². The lowest BCUT2D eigenvalue weighted by Crippen LogP contribution is -2.54. The van der Waals surface area contributed by atoms with Gasteiger partial charge in [0.25, 0.3) is 0 Å². The minimum absolute atomic E-state index is 0.658. The first-order chi connectivity index (χ1) is 6.59. The predicted molar refractivity (Wildman–Crippen MR) is 61.7 cm³/mol. The summed E-state index contributed by atoms with van der Waals surface area (Å²) in [5, 5.41) is 3.51. The van der Waals surface area contributed by atoms with E-state index in [2.05, 4.69) is 43.1 Å². The standard InChI is InChI=1S/C11H25N3/c1-10-9-14(11(2)8-12-10)7-5-6-13(3)4/h10-12H,5-9H2,1-4H3. The Bertz CT molecular complexity index is 159. The van der Waals surface area contributed by atoms with Gasteiger partial charge in [-0.3, -0.25) is 4.90 Å². The molecule has 14 heavy (non-hydrogen) atoms. The minimum Gasteiger partial charge on any atom is -0.311 e. The predicted octanol–water partition coefficient (Wildman–Crippen LogP) is 0.620. The zero-order valence-electron chi connectivity index (χ0n) is 10.1. The molecule has 0 aliphatic carbocycles. The van der Waals surface area contributed by atoms with E-state index in [1.807, 2.05) is 0 Å². The number of nitrogens with one attached hydrogen (secondary N) is 1. The highest BCUT2D eigenvalue weighted by Crippen LogP contribution is 2.06.